The third-order valence-electron chi connectivity index (χ3n) is 3.33. The lowest BCUT2D eigenvalue weighted by atomic mass is 10.2. The van der Waals surface area contributed by atoms with Crippen LogP contribution in [0.2, 0.25) is 0 Å². The SMILES string of the molecule is N#CC1=CCN(c2ccc(OCC(F)(F)F)cc2)C(CCC(F)(F)F)=N1. The predicted molar refractivity (Wildman–Crippen MR) is 81.8 cm³/mol. The van der Waals surface area contributed by atoms with Gasteiger partial charge in [0, 0.05) is 18.7 Å². The van der Waals surface area contributed by atoms with Crippen molar-refractivity contribution in [1.29, 1.82) is 5.26 Å². The Morgan fingerprint density at radius 1 is 1.08 bits per heavy atom. The highest BCUT2D eigenvalue weighted by Gasteiger charge is 2.30. The normalized spacial score (nSPS) is 15.2. The zero-order valence-electron chi connectivity index (χ0n) is 13.2. The smallest absolute Gasteiger partial charge is 0.422 e. The lowest BCUT2D eigenvalue weighted by Crippen LogP contribution is -2.34. The second-order valence-electron chi connectivity index (χ2n) is 5.35. The molecule has 0 spiro atoms. The first-order valence-electron chi connectivity index (χ1n) is 7.39. The molecule has 0 amide bonds. The van der Waals surface area contributed by atoms with Crippen LogP contribution in [0.25, 0.3) is 0 Å². The maximum atomic E-state index is 12.5. The summed E-state index contributed by atoms with van der Waals surface area (Å²) in [6.07, 6.45) is -8.92. The van der Waals surface area contributed by atoms with Crippen LogP contribution in [-0.2, 0) is 0 Å². The van der Waals surface area contributed by atoms with Gasteiger partial charge in [-0.05, 0) is 30.3 Å². The van der Waals surface area contributed by atoms with E-state index in [-0.39, 0.29) is 23.8 Å². The lowest BCUT2D eigenvalue weighted by molar-refractivity contribution is -0.153. The molecule has 0 aliphatic carbocycles. The van der Waals surface area contributed by atoms with Crippen molar-refractivity contribution in [1.82, 2.24) is 0 Å². The van der Waals surface area contributed by atoms with Gasteiger partial charge in [0.2, 0.25) is 0 Å². The number of rotatable bonds is 5. The van der Waals surface area contributed by atoms with Gasteiger partial charge in [-0.3, -0.25) is 0 Å². The summed E-state index contributed by atoms with van der Waals surface area (Å²) < 4.78 is 78.5. The Morgan fingerprint density at radius 2 is 1.73 bits per heavy atom. The minimum atomic E-state index is -4.47. The van der Waals surface area contributed by atoms with Crippen molar-refractivity contribution in [2.24, 2.45) is 4.99 Å². The Kier molecular flexibility index (Phi) is 5.79. The number of halogens is 6. The number of anilines is 1. The van der Waals surface area contributed by atoms with Crippen molar-refractivity contribution in [2.45, 2.75) is 25.2 Å². The molecule has 0 saturated heterocycles. The topological polar surface area (TPSA) is 48.6 Å². The summed E-state index contributed by atoms with van der Waals surface area (Å²) in [4.78, 5) is 5.37. The molecule has 140 valence electrons. The summed E-state index contributed by atoms with van der Waals surface area (Å²) in [5.41, 5.74) is 0.446. The van der Waals surface area contributed by atoms with Gasteiger partial charge in [-0.1, -0.05) is 0 Å². The van der Waals surface area contributed by atoms with Crippen LogP contribution in [0.3, 0.4) is 0 Å². The molecule has 4 nitrogen and oxygen atoms in total. The fourth-order valence-electron chi connectivity index (χ4n) is 2.19. The highest BCUT2D eigenvalue weighted by Crippen LogP contribution is 2.27. The Hall–Kier alpha value is -2.70. The molecule has 1 aliphatic heterocycles. The molecule has 0 radical (unpaired) electrons. The molecule has 1 heterocycles. The van der Waals surface area contributed by atoms with Crippen LogP contribution in [0.4, 0.5) is 32.0 Å². The van der Waals surface area contributed by atoms with E-state index in [0.29, 0.717) is 5.69 Å². The molecule has 1 aromatic carbocycles. The van der Waals surface area contributed by atoms with Crippen LogP contribution in [0.1, 0.15) is 12.8 Å². The zero-order chi connectivity index (χ0) is 19.4. The fraction of sp³-hybridized carbons (Fsp3) is 0.375. The highest BCUT2D eigenvalue weighted by molar-refractivity contribution is 5.99. The molecule has 1 aliphatic rings. The summed E-state index contributed by atoms with van der Waals surface area (Å²) in [5, 5.41) is 8.88. The maximum absolute atomic E-state index is 12.5. The number of amidine groups is 1. The number of ether oxygens (including phenoxy) is 1. The van der Waals surface area contributed by atoms with E-state index in [1.54, 1.807) is 6.07 Å². The minimum Gasteiger partial charge on any atom is -0.484 e. The van der Waals surface area contributed by atoms with Gasteiger partial charge in [0.05, 0.1) is 6.42 Å². The molecule has 1 aromatic rings. The van der Waals surface area contributed by atoms with Crippen LogP contribution in [-0.4, -0.2) is 31.3 Å². The first kappa shape index (κ1) is 19.6. The standard InChI is InChI=1S/C16H13F6N3O/c17-15(18,19)7-5-14-24-11(9-23)6-8-25(14)12-1-3-13(4-2-12)26-10-16(20,21)22/h1-4,6H,5,7-8,10H2. The van der Waals surface area contributed by atoms with Crippen molar-refractivity contribution in [3.8, 4) is 11.8 Å². The van der Waals surface area contributed by atoms with Gasteiger partial charge < -0.3 is 9.64 Å². The van der Waals surface area contributed by atoms with Gasteiger partial charge in [0.1, 0.15) is 23.4 Å². The number of alkyl halides is 6. The van der Waals surface area contributed by atoms with Crippen molar-refractivity contribution in [3.05, 3.63) is 36.0 Å². The highest BCUT2D eigenvalue weighted by atomic mass is 19.4. The van der Waals surface area contributed by atoms with Gasteiger partial charge in [-0.15, -0.1) is 0 Å². The van der Waals surface area contributed by atoms with Crippen LogP contribution in [0, 0.1) is 11.3 Å². The van der Waals surface area contributed by atoms with E-state index in [9.17, 15) is 26.3 Å². The first-order valence-corrected chi connectivity index (χ1v) is 7.39. The maximum Gasteiger partial charge on any atom is 0.422 e. The molecular weight excluding hydrogens is 364 g/mol. The van der Waals surface area contributed by atoms with Gasteiger partial charge in [-0.25, -0.2) is 4.99 Å². The largest absolute Gasteiger partial charge is 0.484 e. The summed E-state index contributed by atoms with van der Waals surface area (Å²) in [5.74, 6) is 0.0375. The van der Waals surface area contributed by atoms with Crippen molar-refractivity contribution < 1.29 is 31.1 Å². The summed E-state index contributed by atoms with van der Waals surface area (Å²) in [6, 6.07) is 7.18. The molecule has 0 N–H and O–H groups in total. The number of nitriles is 1. The van der Waals surface area contributed by atoms with Crippen LogP contribution < -0.4 is 9.64 Å². The number of hydrogen-bond donors (Lipinski definition) is 0. The number of hydrogen-bond acceptors (Lipinski definition) is 4. The Labute approximate surface area is 145 Å². The number of nitrogens with zero attached hydrogens (tertiary/aromatic N) is 3. The molecule has 0 saturated carbocycles. The van der Waals surface area contributed by atoms with Crippen molar-refractivity contribution >= 4 is 11.5 Å². The van der Waals surface area contributed by atoms with Crippen LogP contribution in [0.15, 0.2) is 41.0 Å². The summed E-state index contributed by atoms with van der Waals surface area (Å²) >= 11 is 0. The van der Waals surface area contributed by atoms with E-state index in [1.165, 1.54) is 35.2 Å². The van der Waals surface area contributed by atoms with E-state index < -0.39 is 31.8 Å². The molecule has 10 heteroatoms. The number of aliphatic imine (C=N–C) groups is 1. The van der Waals surface area contributed by atoms with Crippen molar-refractivity contribution in [2.75, 3.05) is 18.1 Å². The van der Waals surface area contributed by atoms with Crippen LogP contribution >= 0.6 is 0 Å². The third-order valence-corrected chi connectivity index (χ3v) is 3.33. The molecule has 0 unspecified atom stereocenters. The molecule has 0 atom stereocenters. The molecule has 0 fully saturated rings. The minimum absolute atomic E-state index is 0.0172. The Morgan fingerprint density at radius 3 is 2.27 bits per heavy atom. The monoisotopic (exact) mass is 377 g/mol. The van der Waals surface area contributed by atoms with Crippen molar-refractivity contribution in [3.63, 3.8) is 0 Å². The quantitative estimate of drug-likeness (QED) is 0.705. The Balaban J connectivity index is 2.13. The molecule has 26 heavy (non-hydrogen) atoms. The fourth-order valence-corrected chi connectivity index (χ4v) is 2.19. The molecular formula is C16H13F6N3O. The van der Waals surface area contributed by atoms with E-state index in [1.807, 2.05) is 0 Å². The second kappa shape index (κ2) is 7.68. The number of allylic oxidation sites excluding steroid dienone is 1. The predicted octanol–water partition coefficient (Wildman–Crippen LogP) is 4.60. The summed E-state index contributed by atoms with van der Waals surface area (Å²) in [6.45, 7) is -1.31. The first-order chi connectivity index (χ1) is 12.1. The van der Waals surface area contributed by atoms with Gasteiger partial charge in [-0.2, -0.15) is 31.6 Å². The Bertz CT molecular complexity index is 728. The molecule has 0 bridgehead atoms. The second-order valence-corrected chi connectivity index (χ2v) is 5.35. The lowest BCUT2D eigenvalue weighted by Gasteiger charge is -2.28. The third kappa shape index (κ3) is 5.98. The van der Waals surface area contributed by atoms with Gasteiger partial charge in [0.25, 0.3) is 0 Å². The van der Waals surface area contributed by atoms with E-state index in [0.717, 1.165) is 0 Å². The average Bonchev–Trinajstić information content (AvgIpc) is 2.57. The van der Waals surface area contributed by atoms with E-state index in [4.69, 9.17) is 5.26 Å². The molecule has 0 aromatic heterocycles. The van der Waals surface area contributed by atoms with Gasteiger partial charge >= 0.3 is 12.4 Å². The van der Waals surface area contributed by atoms with E-state index >= 15 is 0 Å². The zero-order valence-corrected chi connectivity index (χ0v) is 13.2. The average molecular weight is 377 g/mol. The van der Waals surface area contributed by atoms with Gasteiger partial charge in [0.15, 0.2) is 6.61 Å². The summed E-state index contributed by atoms with van der Waals surface area (Å²) in [7, 11) is 0. The number of benzene rings is 1. The molecule has 2 rings (SSSR count). The van der Waals surface area contributed by atoms with Crippen LogP contribution in [0.5, 0.6) is 5.75 Å². The van der Waals surface area contributed by atoms with E-state index in [2.05, 4.69) is 9.73 Å².